The van der Waals surface area contributed by atoms with Gasteiger partial charge in [0.25, 0.3) is 0 Å². The van der Waals surface area contributed by atoms with Gasteiger partial charge in [-0.1, -0.05) is 51.4 Å². The molecule has 0 aliphatic heterocycles. The Labute approximate surface area is 122 Å². The Balaban J connectivity index is 2.42. The summed E-state index contributed by atoms with van der Waals surface area (Å²) in [4.78, 5) is 0. The minimum atomic E-state index is -4.13. The normalized spacial score (nSPS) is 13.6. The molecule has 1 atom stereocenters. The average Bonchev–Trinajstić information content (AvgIpc) is 2.26. The summed E-state index contributed by atoms with van der Waals surface area (Å²) in [6, 6.07) is 7.44. The number of halogens is 5. The largest absolute Gasteiger partial charge is 0.441 e. The number of hydrogen-bond donors (Lipinski definition) is 0. The lowest BCUT2D eigenvalue weighted by molar-refractivity contribution is -0.0328. The van der Waals surface area contributed by atoms with Gasteiger partial charge in [0.1, 0.15) is 0 Å². The zero-order valence-corrected chi connectivity index (χ0v) is 12.7. The van der Waals surface area contributed by atoms with Crippen molar-refractivity contribution in [3.8, 4) is 0 Å². The van der Waals surface area contributed by atoms with Gasteiger partial charge < -0.3 is 0 Å². The Hall–Kier alpha value is 0.130. The van der Waals surface area contributed by atoms with Gasteiger partial charge in [-0.3, -0.25) is 0 Å². The summed E-state index contributed by atoms with van der Waals surface area (Å²) in [6.45, 7) is 0. The second-order valence-electron chi connectivity index (χ2n) is 3.94. The lowest BCUT2D eigenvalue weighted by Gasteiger charge is -2.14. The van der Waals surface area contributed by atoms with E-state index in [2.05, 4.69) is 15.9 Å². The highest BCUT2D eigenvalue weighted by Gasteiger charge is 2.27. The van der Waals surface area contributed by atoms with Gasteiger partial charge in [0, 0.05) is 16.1 Å². The molecule has 0 aliphatic carbocycles. The van der Waals surface area contributed by atoms with Crippen LogP contribution in [0.1, 0.15) is 12.0 Å². The predicted molar refractivity (Wildman–Crippen MR) is 75.6 cm³/mol. The molecule has 6 heteroatoms. The highest BCUT2D eigenvalue weighted by Crippen LogP contribution is 2.32. The molecule has 1 rings (SSSR count). The van der Waals surface area contributed by atoms with E-state index in [4.69, 9.17) is 11.6 Å². The Morgan fingerprint density at radius 1 is 1.33 bits per heavy atom. The van der Waals surface area contributed by atoms with Gasteiger partial charge in [-0.25, -0.2) is 0 Å². The van der Waals surface area contributed by atoms with E-state index in [1.54, 1.807) is 6.07 Å². The molecule has 1 aromatic carbocycles. The van der Waals surface area contributed by atoms with Crippen molar-refractivity contribution in [1.82, 2.24) is 0 Å². The third-order valence-electron chi connectivity index (χ3n) is 2.42. The maximum Gasteiger partial charge on any atom is 0.441 e. The zero-order chi connectivity index (χ0) is 13.6. The van der Waals surface area contributed by atoms with Crippen molar-refractivity contribution in [3.05, 3.63) is 34.9 Å². The third kappa shape index (κ3) is 6.90. The lowest BCUT2D eigenvalue weighted by Crippen LogP contribution is -2.10. The molecule has 0 amide bonds. The Kier molecular flexibility index (Phi) is 6.88. The summed E-state index contributed by atoms with van der Waals surface area (Å²) in [5.41, 5.74) is -3.07. The van der Waals surface area contributed by atoms with Crippen molar-refractivity contribution in [3.63, 3.8) is 0 Å². The maximum atomic E-state index is 12.0. The molecular formula is C12H13BrClF3S. The van der Waals surface area contributed by atoms with Crippen LogP contribution in [0.5, 0.6) is 0 Å². The molecule has 0 heterocycles. The SMILES string of the molecule is FC(F)(F)SCCC(CBr)Cc1cccc(Cl)c1. The van der Waals surface area contributed by atoms with Crippen LogP contribution in [0.2, 0.25) is 5.02 Å². The second kappa shape index (κ2) is 7.65. The van der Waals surface area contributed by atoms with Crippen LogP contribution >= 0.6 is 39.3 Å². The molecule has 0 radical (unpaired) electrons. The molecule has 0 fully saturated rings. The molecule has 1 aromatic rings. The number of thioether (sulfide) groups is 1. The minimum absolute atomic E-state index is 0.0441. The van der Waals surface area contributed by atoms with Crippen molar-refractivity contribution in [2.45, 2.75) is 18.3 Å². The molecule has 18 heavy (non-hydrogen) atoms. The van der Waals surface area contributed by atoms with E-state index in [1.807, 2.05) is 18.2 Å². The number of hydrogen-bond acceptors (Lipinski definition) is 1. The van der Waals surface area contributed by atoms with Crippen LogP contribution in [0, 0.1) is 5.92 Å². The van der Waals surface area contributed by atoms with Gasteiger partial charge in [-0.2, -0.15) is 13.2 Å². The molecule has 102 valence electrons. The van der Waals surface area contributed by atoms with Crippen LogP contribution < -0.4 is 0 Å². The van der Waals surface area contributed by atoms with Crippen LogP contribution in [0.3, 0.4) is 0 Å². The highest BCUT2D eigenvalue weighted by molar-refractivity contribution is 9.09. The van der Waals surface area contributed by atoms with Gasteiger partial charge in [0.2, 0.25) is 0 Å². The van der Waals surface area contributed by atoms with E-state index in [1.165, 1.54) is 0 Å². The monoisotopic (exact) mass is 360 g/mol. The predicted octanol–water partition coefficient (Wildman–Crippen LogP) is 5.54. The van der Waals surface area contributed by atoms with E-state index in [-0.39, 0.29) is 23.4 Å². The molecule has 0 spiro atoms. The molecule has 0 nitrogen and oxygen atoms in total. The second-order valence-corrected chi connectivity index (χ2v) is 6.18. The van der Waals surface area contributed by atoms with Crippen molar-refractivity contribution in [2.24, 2.45) is 5.92 Å². The topological polar surface area (TPSA) is 0 Å². The van der Waals surface area contributed by atoms with E-state index in [0.29, 0.717) is 16.8 Å². The summed E-state index contributed by atoms with van der Waals surface area (Å²) in [5.74, 6) is 0.290. The average molecular weight is 362 g/mol. The van der Waals surface area contributed by atoms with Gasteiger partial charge in [0.15, 0.2) is 0 Å². The zero-order valence-electron chi connectivity index (χ0n) is 9.51. The summed E-state index contributed by atoms with van der Waals surface area (Å²) in [5, 5.41) is 1.35. The van der Waals surface area contributed by atoms with Crippen LogP contribution in [-0.2, 0) is 6.42 Å². The maximum absolute atomic E-state index is 12.0. The van der Waals surface area contributed by atoms with E-state index in [9.17, 15) is 13.2 Å². The molecule has 0 N–H and O–H groups in total. The molecule has 0 bridgehead atoms. The van der Waals surface area contributed by atoms with Crippen molar-refractivity contribution < 1.29 is 13.2 Å². The molecule has 0 saturated carbocycles. The summed E-state index contributed by atoms with van der Waals surface area (Å²) < 4.78 is 36.1. The van der Waals surface area contributed by atoms with Crippen LogP contribution in [0.4, 0.5) is 13.2 Å². The van der Waals surface area contributed by atoms with Gasteiger partial charge in [-0.15, -0.1) is 0 Å². The minimum Gasteiger partial charge on any atom is -0.160 e. The van der Waals surface area contributed by atoms with Crippen molar-refractivity contribution in [2.75, 3.05) is 11.1 Å². The molecule has 1 unspecified atom stereocenters. The summed E-state index contributed by atoms with van der Waals surface area (Å²) in [7, 11) is 0. The first-order chi connectivity index (χ1) is 8.40. The molecule has 0 aliphatic rings. The van der Waals surface area contributed by atoms with Crippen molar-refractivity contribution >= 4 is 39.3 Å². The van der Waals surface area contributed by atoms with Crippen molar-refractivity contribution in [1.29, 1.82) is 0 Å². The smallest absolute Gasteiger partial charge is 0.160 e. The first-order valence-corrected chi connectivity index (χ1v) is 7.90. The summed E-state index contributed by atoms with van der Waals surface area (Å²) in [6.07, 6.45) is 1.27. The first kappa shape index (κ1) is 16.2. The fourth-order valence-electron chi connectivity index (χ4n) is 1.57. The number of rotatable bonds is 6. The molecular weight excluding hydrogens is 349 g/mol. The van der Waals surface area contributed by atoms with Crippen LogP contribution in [0.25, 0.3) is 0 Å². The molecule has 0 aromatic heterocycles. The fraction of sp³-hybridized carbons (Fsp3) is 0.500. The third-order valence-corrected chi connectivity index (χ3v) is 4.34. The molecule has 0 saturated heterocycles. The van der Waals surface area contributed by atoms with Gasteiger partial charge in [-0.05, 0) is 36.5 Å². The number of alkyl halides is 4. The van der Waals surface area contributed by atoms with E-state index < -0.39 is 5.51 Å². The Bertz CT molecular complexity index is 371. The quantitative estimate of drug-likeness (QED) is 0.600. The first-order valence-electron chi connectivity index (χ1n) is 5.42. The fourth-order valence-corrected chi connectivity index (χ4v) is 3.02. The van der Waals surface area contributed by atoms with E-state index in [0.717, 1.165) is 12.0 Å². The highest BCUT2D eigenvalue weighted by atomic mass is 79.9. The Morgan fingerprint density at radius 2 is 2.06 bits per heavy atom. The van der Waals surface area contributed by atoms with E-state index >= 15 is 0 Å². The van der Waals surface area contributed by atoms with Gasteiger partial charge in [0.05, 0.1) is 0 Å². The standard InChI is InChI=1S/C12H13BrClF3S/c13-8-10(4-5-18-12(15,16)17)6-9-2-1-3-11(14)7-9/h1-3,7,10H,4-6,8H2. The Morgan fingerprint density at radius 3 is 2.61 bits per heavy atom. The van der Waals surface area contributed by atoms with Crippen LogP contribution in [0.15, 0.2) is 24.3 Å². The summed E-state index contributed by atoms with van der Waals surface area (Å²) >= 11 is 9.26. The van der Waals surface area contributed by atoms with Gasteiger partial charge >= 0.3 is 5.51 Å². The number of benzene rings is 1. The van der Waals surface area contributed by atoms with Crippen LogP contribution in [-0.4, -0.2) is 16.6 Å². The lowest BCUT2D eigenvalue weighted by atomic mass is 9.99.